The average Bonchev–Trinajstić information content (AvgIpc) is 2.49. The van der Waals surface area contributed by atoms with Crippen LogP contribution in [-0.4, -0.2) is 35.7 Å². The Kier molecular flexibility index (Phi) is 4.87. The maximum atomic E-state index is 10.1. The van der Waals surface area contributed by atoms with Gasteiger partial charge in [-0.25, -0.2) is 0 Å². The fraction of sp³-hybridized carbons (Fsp3) is 1.00. The Morgan fingerprint density at radius 1 is 1.00 bits per heavy atom. The lowest BCUT2D eigenvalue weighted by Crippen LogP contribution is -2.39. The summed E-state index contributed by atoms with van der Waals surface area (Å²) in [7, 11) is 0. The van der Waals surface area contributed by atoms with Crippen molar-refractivity contribution in [3.8, 4) is 0 Å². The van der Waals surface area contributed by atoms with E-state index >= 15 is 0 Å². The van der Waals surface area contributed by atoms with Crippen molar-refractivity contribution in [2.75, 3.05) is 19.6 Å². The number of nitrogens with zero attached hydrogens (tertiary/aromatic N) is 1. The highest BCUT2D eigenvalue weighted by molar-refractivity contribution is 4.81. The van der Waals surface area contributed by atoms with Crippen molar-refractivity contribution in [3.63, 3.8) is 0 Å². The zero-order valence-corrected chi connectivity index (χ0v) is 11.6. The molecule has 0 bridgehead atoms. The highest BCUT2D eigenvalue weighted by Crippen LogP contribution is 2.30. The summed E-state index contributed by atoms with van der Waals surface area (Å²) in [5.41, 5.74) is 0. The molecule has 0 aromatic heterocycles. The van der Waals surface area contributed by atoms with Crippen molar-refractivity contribution >= 4 is 0 Å². The van der Waals surface area contributed by atoms with Crippen LogP contribution in [0.15, 0.2) is 0 Å². The van der Waals surface area contributed by atoms with Gasteiger partial charge in [0.05, 0.1) is 6.10 Å². The summed E-state index contributed by atoms with van der Waals surface area (Å²) >= 11 is 0. The molecule has 4 atom stereocenters. The van der Waals surface area contributed by atoms with Gasteiger partial charge in [-0.3, -0.25) is 0 Å². The molecule has 2 rings (SSSR count). The van der Waals surface area contributed by atoms with E-state index in [1.165, 1.54) is 45.2 Å². The second-order valence-electron chi connectivity index (χ2n) is 6.58. The lowest BCUT2D eigenvalue weighted by atomic mass is 9.80. The van der Waals surface area contributed by atoms with Crippen LogP contribution in [0.25, 0.3) is 0 Å². The molecule has 1 aliphatic heterocycles. The quantitative estimate of drug-likeness (QED) is 0.801. The first-order valence-electron chi connectivity index (χ1n) is 7.55. The molecule has 2 heteroatoms. The van der Waals surface area contributed by atoms with Crippen molar-refractivity contribution in [2.45, 2.75) is 58.5 Å². The number of hydrogen-bond acceptors (Lipinski definition) is 2. The van der Waals surface area contributed by atoms with Gasteiger partial charge in [-0.05, 0) is 69.4 Å². The van der Waals surface area contributed by atoms with Crippen LogP contribution in [0.1, 0.15) is 52.4 Å². The summed E-state index contributed by atoms with van der Waals surface area (Å²) in [6, 6.07) is 0. The molecule has 1 heterocycles. The first-order chi connectivity index (χ1) is 8.15. The van der Waals surface area contributed by atoms with Crippen LogP contribution in [0.2, 0.25) is 0 Å². The molecule has 0 aromatic carbocycles. The molecule has 1 saturated heterocycles. The SMILES string of the molecule is CC1CCCN(CC2CC(C)CCC2O)CC1. The molecule has 0 amide bonds. The second-order valence-corrected chi connectivity index (χ2v) is 6.58. The minimum absolute atomic E-state index is 0.0353. The molecule has 100 valence electrons. The lowest BCUT2D eigenvalue weighted by Gasteiger charge is -2.35. The van der Waals surface area contributed by atoms with E-state index in [1.807, 2.05) is 0 Å². The summed E-state index contributed by atoms with van der Waals surface area (Å²) in [5.74, 6) is 2.25. The number of likely N-dealkylation sites (tertiary alicyclic amines) is 1. The molecule has 0 aromatic rings. The van der Waals surface area contributed by atoms with E-state index in [-0.39, 0.29) is 6.10 Å². The molecule has 2 aliphatic rings. The highest BCUT2D eigenvalue weighted by atomic mass is 16.3. The Bertz CT molecular complexity index is 231. The van der Waals surface area contributed by atoms with Crippen LogP contribution in [0.3, 0.4) is 0 Å². The van der Waals surface area contributed by atoms with Crippen LogP contribution >= 0.6 is 0 Å². The number of aliphatic hydroxyl groups is 1. The predicted octanol–water partition coefficient (Wildman–Crippen LogP) is 2.91. The Morgan fingerprint density at radius 3 is 2.65 bits per heavy atom. The van der Waals surface area contributed by atoms with Gasteiger partial charge in [0.15, 0.2) is 0 Å². The van der Waals surface area contributed by atoms with E-state index in [4.69, 9.17) is 0 Å². The third kappa shape index (κ3) is 3.96. The van der Waals surface area contributed by atoms with E-state index in [0.717, 1.165) is 24.8 Å². The van der Waals surface area contributed by atoms with Crippen LogP contribution in [0.4, 0.5) is 0 Å². The summed E-state index contributed by atoms with van der Waals surface area (Å²) in [5, 5.41) is 10.1. The summed E-state index contributed by atoms with van der Waals surface area (Å²) in [6.45, 7) is 8.35. The monoisotopic (exact) mass is 239 g/mol. The average molecular weight is 239 g/mol. The molecule has 4 unspecified atom stereocenters. The molecule has 0 radical (unpaired) electrons. The van der Waals surface area contributed by atoms with Gasteiger partial charge in [0.1, 0.15) is 0 Å². The van der Waals surface area contributed by atoms with E-state index in [1.54, 1.807) is 0 Å². The minimum atomic E-state index is -0.0353. The van der Waals surface area contributed by atoms with Gasteiger partial charge < -0.3 is 10.0 Å². The molecule has 2 fully saturated rings. The molecular formula is C15H29NO. The first-order valence-corrected chi connectivity index (χ1v) is 7.55. The third-order valence-corrected chi connectivity index (χ3v) is 4.81. The Labute approximate surface area is 106 Å². The second kappa shape index (κ2) is 6.19. The highest BCUT2D eigenvalue weighted by Gasteiger charge is 2.28. The Morgan fingerprint density at radius 2 is 1.82 bits per heavy atom. The van der Waals surface area contributed by atoms with Crippen LogP contribution in [0, 0.1) is 17.8 Å². The normalized spacial score (nSPS) is 41.1. The summed E-state index contributed by atoms with van der Waals surface area (Å²) < 4.78 is 0. The summed E-state index contributed by atoms with van der Waals surface area (Å²) in [6.07, 6.45) is 7.52. The molecule has 2 nitrogen and oxygen atoms in total. The summed E-state index contributed by atoms with van der Waals surface area (Å²) in [4.78, 5) is 2.61. The molecule has 0 spiro atoms. The van der Waals surface area contributed by atoms with Gasteiger partial charge in [-0.1, -0.05) is 13.8 Å². The third-order valence-electron chi connectivity index (χ3n) is 4.81. The van der Waals surface area contributed by atoms with E-state index < -0.39 is 0 Å². The van der Waals surface area contributed by atoms with E-state index in [9.17, 15) is 5.11 Å². The zero-order valence-electron chi connectivity index (χ0n) is 11.6. The lowest BCUT2D eigenvalue weighted by molar-refractivity contribution is 0.0310. The van der Waals surface area contributed by atoms with Gasteiger partial charge in [-0.15, -0.1) is 0 Å². The minimum Gasteiger partial charge on any atom is -0.393 e. The van der Waals surface area contributed by atoms with E-state index in [0.29, 0.717) is 5.92 Å². The van der Waals surface area contributed by atoms with Crippen LogP contribution in [-0.2, 0) is 0 Å². The molecule has 17 heavy (non-hydrogen) atoms. The van der Waals surface area contributed by atoms with Crippen LogP contribution in [0.5, 0.6) is 0 Å². The number of rotatable bonds is 2. The maximum Gasteiger partial charge on any atom is 0.0580 e. The van der Waals surface area contributed by atoms with E-state index in [2.05, 4.69) is 18.7 Å². The fourth-order valence-corrected chi connectivity index (χ4v) is 3.52. The Hall–Kier alpha value is -0.0800. The molecule has 1 N–H and O–H groups in total. The van der Waals surface area contributed by atoms with Crippen molar-refractivity contribution in [3.05, 3.63) is 0 Å². The molecule has 1 aliphatic carbocycles. The van der Waals surface area contributed by atoms with Crippen molar-refractivity contribution in [1.29, 1.82) is 0 Å². The van der Waals surface area contributed by atoms with Crippen molar-refractivity contribution < 1.29 is 5.11 Å². The molecule has 1 saturated carbocycles. The molecular weight excluding hydrogens is 210 g/mol. The van der Waals surface area contributed by atoms with Crippen molar-refractivity contribution in [2.24, 2.45) is 17.8 Å². The van der Waals surface area contributed by atoms with Gasteiger partial charge >= 0.3 is 0 Å². The Balaban J connectivity index is 1.82. The fourth-order valence-electron chi connectivity index (χ4n) is 3.52. The maximum absolute atomic E-state index is 10.1. The van der Waals surface area contributed by atoms with Gasteiger partial charge in [0.2, 0.25) is 0 Å². The smallest absolute Gasteiger partial charge is 0.0580 e. The van der Waals surface area contributed by atoms with Gasteiger partial charge in [0, 0.05) is 6.54 Å². The van der Waals surface area contributed by atoms with Crippen molar-refractivity contribution in [1.82, 2.24) is 4.90 Å². The largest absolute Gasteiger partial charge is 0.393 e. The van der Waals surface area contributed by atoms with Crippen LogP contribution < -0.4 is 0 Å². The first kappa shape index (κ1) is 13.4. The van der Waals surface area contributed by atoms with Gasteiger partial charge in [-0.2, -0.15) is 0 Å². The number of hydrogen-bond donors (Lipinski definition) is 1. The standard InChI is InChI=1S/C15H29NO/c1-12-4-3-8-16(9-7-12)11-14-10-13(2)5-6-15(14)17/h12-15,17H,3-11H2,1-2H3. The zero-order chi connectivity index (χ0) is 12.3. The number of aliphatic hydroxyl groups excluding tert-OH is 1. The topological polar surface area (TPSA) is 23.5 Å². The van der Waals surface area contributed by atoms with Gasteiger partial charge in [0.25, 0.3) is 0 Å². The predicted molar refractivity (Wildman–Crippen MR) is 72.0 cm³/mol.